The van der Waals surface area contributed by atoms with Gasteiger partial charge in [-0.1, -0.05) is 13.5 Å². The van der Waals surface area contributed by atoms with Gasteiger partial charge >= 0.3 is 11.9 Å². The molecule has 0 rings (SSSR count). The monoisotopic (exact) mass is 371 g/mol. The van der Waals surface area contributed by atoms with Crippen LogP contribution >= 0.6 is 0 Å². The molecule has 0 unspecified atom stereocenters. The molecule has 0 aliphatic heterocycles. The van der Waals surface area contributed by atoms with Crippen molar-refractivity contribution in [3.05, 3.63) is 12.2 Å². The van der Waals surface area contributed by atoms with Crippen LogP contribution in [0, 0.1) is 0 Å². The standard InChI is InChI=1S/C18H33N3O5/c1-5-10-21(11-8-19-4)12-9-20-16(22)6-7-17(23)25-13-14-26-18(24)15(2)3/h19H,2,5-14H2,1,3-4H3,(H,20,22). The van der Waals surface area contributed by atoms with Crippen molar-refractivity contribution >= 4 is 17.8 Å². The van der Waals surface area contributed by atoms with Crippen LogP contribution in [0.15, 0.2) is 12.2 Å². The molecule has 8 nitrogen and oxygen atoms in total. The predicted molar refractivity (Wildman–Crippen MR) is 99.6 cm³/mol. The van der Waals surface area contributed by atoms with Crippen molar-refractivity contribution in [3.8, 4) is 0 Å². The van der Waals surface area contributed by atoms with Gasteiger partial charge in [-0.25, -0.2) is 4.79 Å². The third-order valence-corrected chi connectivity index (χ3v) is 3.45. The quantitative estimate of drug-likeness (QED) is 0.245. The third kappa shape index (κ3) is 13.4. The summed E-state index contributed by atoms with van der Waals surface area (Å²) in [7, 11) is 1.91. The second kappa shape index (κ2) is 15.3. The normalized spacial score (nSPS) is 10.5. The molecule has 2 N–H and O–H groups in total. The number of nitrogens with zero attached hydrogens (tertiary/aromatic N) is 1. The van der Waals surface area contributed by atoms with Crippen molar-refractivity contribution in [1.82, 2.24) is 15.5 Å². The summed E-state index contributed by atoms with van der Waals surface area (Å²) in [5.41, 5.74) is 0.288. The highest BCUT2D eigenvalue weighted by Crippen LogP contribution is 1.96. The van der Waals surface area contributed by atoms with Gasteiger partial charge in [0.2, 0.25) is 5.91 Å². The largest absolute Gasteiger partial charge is 0.462 e. The van der Waals surface area contributed by atoms with Gasteiger partial charge in [0.25, 0.3) is 0 Å². The van der Waals surface area contributed by atoms with Gasteiger partial charge in [-0.15, -0.1) is 0 Å². The minimum Gasteiger partial charge on any atom is -0.462 e. The van der Waals surface area contributed by atoms with Gasteiger partial charge in [0.15, 0.2) is 0 Å². The molecule has 0 bridgehead atoms. The lowest BCUT2D eigenvalue weighted by Crippen LogP contribution is -2.38. The fourth-order valence-corrected chi connectivity index (χ4v) is 2.06. The van der Waals surface area contributed by atoms with E-state index in [9.17, 15) is 14.4 Å². The highest BCUT2D eigenvalue weighted by Gasteiger charge is 2.09. The number of hydrogen-bond acceptors (Lipinski definition) is 7. The zero-order valence-electron chi connectivity index (χ0n) is 16.3. The summed E-state index contributed by atoms with van der Waals surface area (Å²) in [6, 6.07) is 0. The molecule has 0 saturated carbocycles. The lowest BCUT2D eigenvalue weighted by Gasteiger charge is -2.21. The Morgan fingerprint density at radius 3 is 2.27 bits per heavy atom. The first-order valence-corrected chi connectivity index (χ1v) is 9.02. The van der Waals surface area contributed by atoms with Crippen molar-refractivity contribution < 1.29 is 23.9 Å². The highest BCUT2D eigenvalue weighted by molar-refractivity contribution is 5.86. The number of rotatable bonds is 15. The Balaban J connectivity index is 3.78. The Morgan fingerprint density at radius 2 is 1.65 bits per heavy atom. The number of amides is 1. The molecule has 0 spiro atoms. The lowest BCUT2D eigenvalue weighted by atomic mass is 10.3. The van der Waals surface area contributed by atoms with E-state index in [4.69, 9.17) is 9.47 Å². The van der Waals surface area contributed by atoms with E-state index in [1.165, 1.54) is 6.92 Å². The number of carbonyl (C=O) groups excluding carboxylic acids is 3. The Bertz CT molecular complexity index is 454. The van der Waals surface area contributed by atoms with E-state index in [2.05, 4.69) is 29.0 Å². The van der Waals surface area contributed by atoms with Crippen LogP contribution in [-0.2, 0) is 23.9 Å². The van der Waals surface area contributed by atoms with Crippen LogP contribution in [0.2, 0.25) is 0 Å². The van der Waals surface area contributed by atoms with E-state index in [0.717, 1.165) is 32.6 Å². The van der Waals surface area contributed by atoms with Crippen LogP contribution < -0.4 is 10.6 Å². The number of hydrogen-bond donors (Lipinski definition) is 2. The first-order valence-electron chi connectivity index (χ1n) is 9.02. The fraction of sp³-hybridized carbons (Fsp3) is 0.722. The number of likely N-dealkylation sites (N-methyl/N-ethyl adjacent to an activating group) is 1. The molecule has 0 radical (unpaired) electrons. The summed E-state index contributed by atoms with van der Waals surface area (Å²) in [6.07, 6.45) is 1.14. The van der Waals surface area contributed by atoms with Gasteiger partial charge in [-0.2, -0.15) is 0 Å². The lowest BCUT2D eigenvalue weighted by molar-refractivity contribution is -0.150. The van der Waals surface area contributed by atoms with Gasteiger partial charge in [-0.05, 0) is 26.9 Å². The van der Waals surface area contributed by atoms with Gasteiger partial charge in [0, 0.05) is 38.2 Å². The Morgan fingerprint density at radius 1 is 1.00 bits per heavy atom. The second-order valence-electron chi connectivity index (χ2n) is 5.93. The first kappa shape index (κ1) is 24.1. The minimum absolute atomic E-state index is 0.00129. The molecule has 0 aliphatic carbocycles. The van der Waals surface area contributed by atoms with Gasteiger partial charge in [-0.3, -0.25) is 9.59 Å². The second-order valence-corrected chi connectivity index (χ2v) is 5.93. The zero-order chi connectivity index (χ0) is 19.8. The van der Waals surface area contributed by atoms with E-state index in [1.807, 2.05) is 7.05 Å². The van der Waals surface area contributed by atoms with Crippen LogP contribution in [0.25, 0.3) is 0 Å². The highest BCUT2D eigenvalue weighted by atomic mass is 16.6. The van der Waals surface area contributed by atoms with Gasteiger partial charge in [0.05, 0.1) is 6.42 Å². The molecule has 0 heterocycles. The average Bonchev–Trinajstić information content (AvgIpc) is 2.61. The molecule has 150 valence electrons. The smallest absolute Gasteiger partial charge is 0.333 e. The molecule has 8 heteroatoms. The molecule has 0 aliphatic rings. The molecular weight excluding hydrogens is 338 g/mol. The number of nitrogens with one attached hydrogen (secondary N) is 2. The number of carbonyl (C=O) groups is 3. The van der Waals surface area contributed by atoms with Crippen molar-refractivity contribution in [2.24, 2.45) is 0 Å². The average molecular weight is 371 g/mol. The Labute approximate surface area is 156 Å². The molecule has 1 amide bonds. The number of esters is 2. The summed E-state index contributed by atoms with van der Waals surface area (Å²) in [6.45, 7) is 11.2. The van der Waals surface area contributed by atoms with Gasteiger partial charge in [0.1, 0.15) is 13.2 Å². The van der Waals surface area contributed by atoms with Crippen LogP contribution in [0.5, 0.6) is 0 Å². The summed E-state index contributed by atoms with van der Waals surface area (Å²) < 4.78 is 9.70. The molecule has 0 saturated heterocycles. The maximum Gasteiger partial charge on any atom is 0.333 e. The van der Waals surface area contributed by atoms with E-state index in [0.29, 0.717) is 6.54 Å². The molecular formula is C18H33N3O5. The molecule has 0 aromatic heterocycles. The Hall–Kier alpha value is -1.93. The summed E-state index contributed by atoms with van der Waals surface area (Å²) >= 11 is 0. The van der Waals surface area contributed by atoms with Crippen molar-refractivity contribution in [1.29, 1.82) is 0 Å². The SMILES string of the molecule is C=C(C)C(=O)OCCOC(=O)CCC(=O)NCCN(CCC)CCNC. The molecule has 26 heavy (non-hydrogen) atoms. The van der Waals surface area contributed by atoms with Crippen LogP contribution in [0.4, 0.5) is 0 Å². The minimum atomic E-state index is -0.521. The topological polar surface area (TPSA) is 97.0 Å². The molecule has 0 aromatic carbocycles. The molecule has 0 atom stereocenters. The summed E-state index contributed by atoms with van der Waals surface area (Å²) in [4.78, 5) is 36.7. The maximum atomic E-state index is 11.8. The maximum absolute atomic E-state index is 11.8. The van der Waals surface area contributed by atoms with Crippen molar-refractivity contribution in [2.75, 3.05) is 53.0 Å². The third-order valence-electron chi connectivity index (χ3n) is 3.45. The number of ether oxygens (including phenoxy) is 2. The van der Waals surface area contributed by atoms with E-state index in [-0.39, 0.29) is 37.5 Å². The van der Waals surface area contributed by atoms with E-state index in [1.54, 1.807) is 0 Å². The van der Waals surface area contributed by atoms with Crippen LogP contribution in [0.3, 0.4) is 0 Å². The van der Waals surface area contributed by atoms with E-state index < -0.39 is 11.9 Å². The molecule has 0 fully saturated rings. The van der Waals surface area contributed by atoms with Crippen molar-refractivity contribution in [2.45, 2.75) is 33.1 Å². The van der Waals surface area contributed by atoms with E-state index >= 15 is 0 Å². The molecule has 0 aromatic rings. The van der Waals surface area contributed by atoms with Gasteiger partial charge < -0.3 is 25.0 Å². The predicted octanol–water partition coefficient (Wildman–Crippen LogP) is 0.477. The van der Waals surface area contributed by atoms with Crippen LogP contribution in [0.1, 0.15) is 33.1 Å². The van der Waals surface area contributed by atoms with Crippen LogP contribution in [-0.4, -0.2) is 75.7 Å². The first-order chi connectivity index (χ1) is 12.4. The zero-order valence-corrected chi connectivity index (χ0v) is 16.3. The fourth-order valence-electron chi connectivity index (χ4n) is 2.06. The Kier molecular flexibility index (Phi) is 14.2. The summed E-state index contributed by atoms with van der Waals surface area (Å²) in [5, 5.41) is 5.92. The summed E-state index contributed by atoms with van der Waals surface area (Å²) in [5.74, 6) is -1.19. The van der Waals surface area contributed by atoms with Crippen molar-refractivity contribution in [3.63, 3.8) is 0 Å².